The van der Waals surface area contributed by atoms with Gasteiger partial charge in [0.25, 0.3) is 0 Å². The average molecular weight is 352 g/mol. The Labute approximate surface area is 150 Å². The van der Waals surface area contributed by atoms with Gasteiger partial charge in [-0.2, -0.15) is 4.98 Å². The van der Waals surface area contributed by atoms with E-state index in [2.05, 4.69) is 25.4 Å². The lowest BCUT2D eigenvalue weighted by molar-refractivity contribution is -0.132. The van der Waals surface area contributed by atoms with Gasteiger partial charge in [-0.1, -0.05) is 17.3 Å². The van der Waals surface area contributed by atoms with Crippen LogP contribution >= 0.6 is 0 Å². The van der Waals surface area contributed by atoms with E-state index < -0.39 is 0 Å². The van der Waals surface area contributed by atoms with E-state index in [4.69, 9.17) is 4.52 Å². The highest BCUT2D eigenvalue weighted by molar-refractivity contribution is 5.85. The molecule has 8 nitrogen and oxygen atoms in total. The Balaban J connectivity index is 1.51. The maximum Gasteiger partial charge on any atom is 0.246 e. The number of aryl methyl sites for hydroxylation is 1. The van der Waals surface area contributed by atoms with Gasteiger partial charge in [0.15, 0.2) is 5.82 Å². The van der Waals surface area contributed by atoms with E-state index in [0.29, 0.717) is 30.6 Å². The van der Waals surface area contributed by atoms with Crippen molar-refractivity contribution in [1.82, 2.24) is 25.0 Å². The van der Waals surface area contributed by atoms with Crippen molar-refractivity contribution in [2.45, 2.75) is 38.8 Å². The summed E-state index contributed by atoms with van der Waals surface area (Å²) < 4.78 is 5.16. The molecule has 1 aliphatic heterocycles. The average Bonchev–Trinajstić information content (AvgIpc) is 2.99. The highest BCUT2D eigenvalue weighted by Gasteiger charge is 2.28. The molecule has 0 spiro atoms. The standard InChI is InChI=1S/C18H20N6O2/c1-12-20-17(26-23-12)11-24-9-5-4-8-15(18(24)25)22-16-10-19-13-6-2-3-7-14(13)21-16/h2-3,6-7,10,15H,4-5,8-9,11H2,1H3,(H,21,22). The van der Waals surface area contributed by atoms with Crippen molar-refractivity contribution in [3.63, 3.8) is 0 Å². The van der Waals surface area contributed by atoms with Crippen molar-refractivity contribution >= 4 is 22.8 Å². The fourth-order valence-corrected chi connectivity index (χ4v) is 3.17. The number of anilines is 1. The van der Waals surface area contributed by atoms with Crippen LogP contribution < -0.4 is 5.32 Å². The van der Waals surface area contributed by atoms with E-state index in [9.17, 15) is 4.79 Å². The molecule has 2 aromatic heterocycles. The minimum absolute atomic E-state index is 0.0216. The zero-order chi connectivity index (χ0) is 17.9. The number of carbonyl (C=O) groups is 1. The minimum Gasteiger partial charge on any atom is -0.357 e. The van der Waals surface area contributed by atoms with E-state index >= 15 is 0 Å². The minimum atomic E-state index is -0.336. The summed E-state index contributed by atoms with van der Waals surface area (Å²) in [4.78, 5) is 27.9. The fraction of sp³-hybridized carbons (Fsp3) is 0.389. The number of nitrogens with zero attached hydrogens (tertiary/aromatic N) is 5. The molecule has 26 heavy (non-hydrogen) atoms. The summed E-state index contributed by atoms with van der Waals surface area (Å²) in [6.45, 7) is 2.78. The first-order valence-electron chi connectivity index (χ1n) is 8.75. The quantitative estimate of drug-likeness (QED) is 0.769. The molecule has 0 aliphatic carbocycles. The summed E-state index contributed by atoms with van der Waals surface area (Å²) in [6, 6.07) is 7.34. The Morgan fingerprint density at radius 3 is 2.88 bits per heavy atom. The van der Waals surface area contributed by atoms with Gasteiger partial charge < -0.3 is 14.7 Å². The summed E-state index contributed by atoms with van der Waals surface area (Å²) in [6.07, 6.45) is 4.34. The topological polar surface area (TPSA) is 97.0 Å². The van der Waals surface area contributed by atoms with Crippen LogP contribution in [0.4, 0.5) is 5.82 Å². The predicted octanol–water partition coefficient (Wildman–Crippen LogP) is 2.31. The molecule has 1 fully saturated rings. The SMILES string of the molecule is Cc1noc(CN2CCCCC(Nc3cnc4ccccc4n3)C2=O)n1. The number of benzene rings is 1. The number of aromatic nitrogens is 4. The molecule has 8 heteroatoms. The lowest BCUT2D eigenvalue weighted by atomic mass is 10.1. The molecule has 1 amide bonds. The molecule has 1 aromatic carbocycles. The van der Waals surface area contributed by atoms with Crippen LogP contribution in [-0.2, 0) is 11.3 Å². The molecule has 0 radical (unpaired) electrons. The van der Waals surface area contributed by atoms with Gasteiger partial charge in [-0.25, -0.2) is 4.98 Å². The Hall–Kier alpha value is -3.03. The second-order valence-electron chi connectivity index (χ2n) is 6.43. The summed E-state index contributed by atoms with van der Waals surface area (Å²) in [7, 11) is 0. The number of hydrogen-bond acceptors (Lipinski definition) is 7. The molecule has 1 saturated heterocycles. The van der Waals surface area contributed by atoms with E-state index in [1.165, 1.54) is 0 Å². The fourth-order valence-electron chi connectivity index (χ4n) is 3.17. The molecule has 1 unspecified atom stereocenters. The molecular formula is C18H20N6O2. The van der Waals surface area contributed by atoms with Crippen LogP contribution in [-0.4, -0.2) is 43.5 Å². The van der Waals surface area contributed by atoms with Crippen LogP contribution in [0.15, 0.2) is 35.0 Å². The largest absolute Gasteiger partial charge is 0.357 e. The molecule has 1 atom stereocenters. The first-order chi connectivity index (χ1) is 12.7. The monoisotopic (exact) mass is 352 g/mol. The third kappa shape index (κ3) is 3.49. The van der Waals surface area contributed by atoms with Gasteiger partial charge in [-0.05, 0) is 38.3 Å². The van der Waals surface area contributed by atoms with Crippen LogP contribution in [0.3, 0.4) is 0 Å². The van der Waals surface area contributed by atoms with Crippen LogP contribution in [0.25, 0.3) is 11.0 Å². The summed E-state index contributed by atoms with van der Waals surface area (Å²) in [5.74, 6) is 1.66. The summed E-state index contributed by atoms with van der Waals surface area (Å²) in [5.41, 5.74) is 1.63. The molecule has 4 rings (SSSR count). The number of hydrogen-bond donors (Lipinski definition) is 1. The number of carbonyl (C=O) groups excluding carboxylic acids is 1. The van der Waals surface area contributed by atoms with Gasteiger partial charge in [0.2, 0.25) is 11.8 Å². The number of nitrogens with one attached hydrogen (secondary N) is 1. The molecule has 1 aliphatic rings. The van der Waals surface area contributed by atoms with Crippen molar-refractivity contribution in [2.75, 3.05) is 11.9 Å². The van der Waals surface area contributed by atoms with Crippen molar-refractivity contribution in [1.29, 1.82) is 0 Å². The highest BCUT2D eigenvalue weighted by Crippen LogP contribution is 2.19. The Kier molecular flexibility index (Phi) is 4.47. The molecule has 1 N–H and O–H groups in total. The first kappa shape index (κ1) is 16.4. The number of rotatable bonds is 4. The van der Waals surface area contributed by atoms with Crippen molar-refractivity contribution in [2.24, 2.45) is 0 Å². The first-order valence-corrected chi connectivity index (χ1v) is 8.75. The molecule has 134 valence electrons. The molecule has 3 aromatic rings. The molecular weight excluding hydrogens is 332 g/mol. The van der Waals surface area contributed by atoms with Crippen LogP contribution in [0.2, 0.25) is 0 Å². The van der Waals surface area contributed by atoms with Crippen molar-refractivity contribution in [3.05, 3.63) is 42.2 Å². The zero-order valence-electron chi connectivity index (χ0n) is 14.6. The lowest BCUT2D eigenvalue weighted by Crippen LogP contribution is -2.41. The van der Waals surface area contributed by atoms with Crippen molar-refractivity contribution in [3.8, 4) is 0 Å². The Morgan fingerprint density at radius 2 is 2.08 bits per heavy atom. The Bertz CT molecular complexity index is 925. The van der Waals surface area contributed by atoms with Crippen LogP contribution in [0.5, 0.6) is 0 Å². The Morgan fingerprint density at radius 1 is 1.23 bits per heavy atom. The predicted molar refractivity (Wildman–Crippen MR) is 95.3 cm³/mol. The number of fused-ring (bicyclic) bond motifs is 1. The van der Waals surface area contributed by atoms with Crippen LogP contribution in [0.1, 0.15) is 31.0 Å². The smallest absolute Gasteiger partial charge is 0.246 e. The normalized spacial score (nSPS) is 18.1. The van der Waals surface area contributed by atoms with Gasteiger partial charge >= 0.3 is 0 Å². The van der Waals surface area contributed by atoms with E-state index in [1.54, 1.807) is 18.0 Å². The second kappa shape index (κ2) is 7.07. The lowest BCUT2D eigenvalue weighted by Gasteiger charge is -2.23. The zero-order valence-corrected chi connectivity index (χ0v) is 14.6. The van der Waals surface area contributed by atoms with Gasteiger partial charge in [-0.3, -0.25) is 9.78 Å². The van der Waals surface area contributed by atoms with Gasteiger partial charge in [0.05, 0.1) is 17.2 Å². The maximum atomic E-state index is 13.0. The van der Waals surface area contributed by atoms with Gasteiger partial charge in [-0.15, -0.1) is 0 Å². The highest BCUT2D eigenvalue weighted by atomic mass is 16.5. The van der Waals surface area contributed by atoms with Gasteiger partial charge in [0, 0.05) is 6.54 Å². The van der Waals surface area contributed by atoms with E-state index in [0.717, 1.165) is 30.3 Å². The van der Waals surface area contributed by atoms with Crippen LogP contribution in [0, 0.1) is 6.92 Å². The number of amides is 1. The molecule has 0 saturated carbocycles. The number of para-hydroxylation sites is 2. The second-order valence-corrected chi connectivity index (χ2v) is 6.43. The maximum absolute atomic E-state index is 13.0. The number of likely N-dealkylation sites (tertiary alicyclic amines) is 1. The third-order valence-electron chi connectivity index (χ3n) is 4.45. The summed E-state index contributed by atoms with van der Waals surface area (Å²) >= 11 is 0. The van der Waals surface area contributed by atoms with Crippen molar-refractivity contribution < 1.29 is 9.32 Å². The molecule has 3 heterocycles. The van der Waals surface area contributed by atoms with E-state index in [1.807, 2.05) is 24.3 Å². The third-order valence-corrected chi connectivity index (χ3v) is 4.45. The summed E-state index contributed by atoms with van der Waals surface area (Å²) in [5, 5.41) is 7.04. The van der Waals surface area contributed by atoms with Gasteiger partial charge in [0.1, 0.15) is 18.4 Å². The van der Waals surface area contributed by atoms with E-state index in [-0.39, 0.29) is 11.9 Å². The molecule has 0 bridgehead atoms.